The van der Waals surface area contributed by atoms with E-state index in [-0.39, 0.29) is 23.2 Å². The number of hydrogen-bond acceptors (Lipinski definition) is 3. The van der Waals surface area contributed by atoms with Crippen LogP contribution in [0.25, 0.3) is 0 Å². The number of anilines is 1. The molecule has 1 aliphatic heterocycles. The van der Waals surface area contributed by atoms with Crippen LogP contribution in [0.1, 0.15) is 56.0 Å². The zero-order chi connectivity index (χ0) is 18.4. The van der Waals surface area contributed by atoms with Gasteiger partial charge in [-0.25, -0.2) is 4.68 Å². The molecule has 1 aromatic carbocycles. The zero-order valence-corrected chi connectivity index (χ0v) is 14.2. The van der Waals surface area contributed by atoms with Crippen molar-refractivity contribution in [3.05, 3.63) is 47.2 Å². The molecule has 2 atom stereocenters. The number of alkyl halides is 3. The van der Waals surface area contributed by atoms with E-state index >= 15 is 0 Å². The van der Waals surface area contributed by atoms with Crippen LogP contribution in [0.15, 0.2) is 30.5 Å². The third-order valence-corrected chi connectivity index (χ3v) is 4.54. The number of benzene rings is 1. The highest BCUT2D eigenvalue weighted by molar-refractivity contribution is 5.54. The van der Waals surface area contributed by atoms with Gasteiger partial charge in [-0.15, -0.1) is 0 Å². The summed E-state index contributed by atoms with van der Waals surface area (Å²) in [4.78, 5) is 0. The Bertz CT molecular complexity index is 807. The van der Waals surface area contributed by atoms with E-state index in [4.69, 9.17) is 5.26 Å². The van der Waals surface area contributed by atoms with Crippen molar-refractivity contribution >= 4 is 5.82 Å². The van der Waals surface area contributed by atoms with Crippen molar-refractivity contribution in [3.8, 4) is 6.07 Å². The first-order chi connectivity index (χ1) is 11.6. The quantitative estimate of drug-likeness (QED) is 0.812. The first-order valence-electron chi connectivity index (χ1n) is 8.02. The Balaban J connectivity index is 1.98. The molecule has 0 spiro atoms. The van der Waals surface area contributed by atoms with Crippen molar-refractivity contribution < 1.29 is 13.2 Å². The fourth-order valence-electron chi connectivity index (χ4n) is 3.08. The molecule has 0 aliphatic carbocycles. The molecule has 1 aliphatic rings. The molecule has 0 unspecified atom stereocenters. The summed E-state index contributed by atoms with van der Waals surface area (Å²) in [5.74, 6) is 0.126. The molecule has 4 nitrogen and oxygen atoms in total. The molecule has 25 heavy (non-hydrogen) atoms. The van der Waals surface area contributed by atoms with Gasteiger partial charge in [0.25, 0.3) is 0 Å². The average molecular weight is 348 g/mol. The molecule has 1 N–H and O–H groups in total. The van der Waals surface area contributed by atoms with E-state index in [0.29, 0.717) is 0 Å². The third kappa shape index (κ3) is 3.21. The normalized spacial score (nSPS) is 20.5. The molecule has 7 heteroatoms. The number of aromatic nitrogens is 2. The van der Waals surface area contributed by atoms with Crippen LogP contribution in [0.3, 0.4) is 0 Å². The molecule has 0 fully saturated rings. The van der Waals surface area contributed by atoms with Crippen LogP contribution in [0, 0.1) is 11.3 Å². The first-order valence-corrected chi connectivity index (χ1v) is 8.02. The second kappa shape index (κ2) is 5.80. The summed E-state index contributed by atoms with van der Waals surface area (Å²) in [6, 6.07) is 7.20. The second-order valence-electron chi connectivity index (χ2n) is 7.33. The topological polar surface area (TPSA) is 53.6 Å². The standard InChI is InChI=1S/C18H19F3N4/c1-17(2,3)13-6-4-11(5-7-13)14-8-15(18(19,20)21)25-16(24-14)12(9-22)10-23-25/h4-7,10,14-15,24H,8H2,1-3H3/t14-,15+/m1/s1. The lowest BCUT2D eigenvalue weighted by Crippen LogP contribution is -2.35. The van der Waals surface area contributed by atoms with Gasteiger partial charge in [-0.1, -0.05) is 45.0 Å². The Morgan fingerprint density at radius 3 is 2.36 bits per heavy atom. The van der Waals surface area contributed by atoms with Crippen LogP contribution >= 0.6 is 0 Å². The maximum atomic E-state index is 13.5. The fraction of sp³-hybridized carbons (Fsp3) is 0.444. The summed E-state index contributed by atoms with van der Waals surface area (Å²) >= 11 is 0. The lowest BCUT2D eigenvalue weighted by Gasteiger charge is -2.34. The van der Waals surface area contributed by atoms with Crippen LogP contribution < -0.4 is 5.32 Å². The van der Waals surface area contributed by atoms with Gasteiger partial charge >= 0.3 is 6.18 Å². The Morgan fingerprint density at radius 1 is 1.20 bits per heavy atom. The van der Waals surface area contributed by atoms with Crippen molar-refractivity contribution in [2.45, 2.75) is 50.9 Å². The monoisotopic (exact) mass is 348 g/mol. The summed E-state index contributed by atoms with van der Waals surface area (Å²) in [5, 5.41) is 15.9. The van der Waals surface area contributed by atoms with Gasteiger partial charge in [-0.3, -0.25) is 0 Å². The minimum absolute atomic E-state index is 0.0281. The van der Waals surface area contributed by atoms with Gasteiger partial charge < -0.3 is 5.32 Å². The van der Waals surface area contributed by atoms with E-state index in [9.17, 15) is 13.2 Å². The summed E-state index contributed by atoms with van der Waals surface area (Å²) in [6.07, 6.45) is -3.43. The highest BCUT2D eigenvalue weighted by atomic mass is 19.4. The molecule has 2 aromatic rings. The lowest BCUT2D eigenvalue weighted by atomic mass is 9.85. The summed E-state index contributed by atoms with van der Waals surface area (Å²) < 4.78 is 41.3. The maximum absolute atomic E-state index is 13.5. The minimum atomic E-state index is -4.43. The molecule has 2 heterocycles. The molecular formula is C18H19F3N4. The zero-order valence-electron chi connectivity index (χ0n) is 14.2. The molecular weight excluding hydrogens is 329 g/mol. The molecule has 1 aromatic heterocycles. The largest absolute Gasteiger partial charge is 0.410 e. The molecule has 3 rings (SSSR count). The number of nitrogens with one attached hydrogen (secondary N) is 1. The molecule has 0 amide bonds. The van der Waals surface area contributed by atoms with Gasteiger partial charge in [0.15, 0.2) is 6.04 Å². The second-order valence-corrected chi connectivity index (χ2v) is 7.33. The average Bonchev–Trinajstić information content (AvgIpc) is 2.95. The van der Waals surface area contributed by atoms with Crippen LogP contribution in [-0.2, 0) is 5.41 Å². The number of halogens is 3. The van der Waals surface area contributed by atoms with Gasteiger partial charge in [0.2, 0.25) is 0 Å². The highest BCUT2D eigenvalue weighted by Gasteiger charge is 2.46. The van der Waals surface area contributed by atoms with E-state index in [1.54, 1.807) is 0 Å². The van der Waals surface area contributed by atoms with Crippen molar-refractivity contribution in [1.29, 1.82) is 5.26 Å². The Labute approximate surface area is 144 Å². The van der Waals surface area contributed by atoms with Gasteiger partial charge in [-0.05, 0) is 16.5 Å². The number of hydrogen-bond donors (Lipinski definition) is 1. The molecule has 0 bridgehead atoms. The smallest absolute Gasteiger partial charge is 0.362 e. The molecule has 0 radical (unpaired) electrons. The molecule has 132 valence electrons. The van der Waals surface area contributed by atoms with E-state index in [1.807, 2.05) is 30.3 Å². The van der Waals surface area contributed by atoms with Crippen LogP contribution in [0.4, 0.5) is 19.0 Å². The van der Waals surface area contributed by atoms with E-state index in [0.717, 1.165) is 15.8 Å². The van der Waals surface area contributed by atoms with Gasteiger partial charge in [-0.2, -0.15) is 23.5 Å². The lowest BCUT2D eigenvalue weighted by molar-refractivity contribution is -0.173. The number of nitriles is 1. The minimum Gasteiger partial charge on any atom is -0.362 e. The Morgan fingerprint density at radius 2 is 1.84 bits per heavy atom. The highest BCUT2D eigenvalue weighted by Crippen LogP contribution is 2.44. The van der Waals surface area contributed by atoms with Crippen LogP contribution in [0.2, 0.25) is 0 Å². The third-order valence-electron chi connectivity index (χ3n) is 4.54. The van der Waals surface area contributed by atoms with E-state index in [1.165, 1.54) is 6.20 Å². The van der Waals surface area contributed by atoms with Crippen molar-refractivity contribution in [1.82, 2.24) is 9.78 Å². The predicted molar refractivity (Wildman–Crippen MR) is 88.2 cm³/mol. The van der Waals surface area contributed by atoms with E-state index in [2.05, 4.69) is 31.2 Å². The fourth-order valence-corrected chi connectivity index (χ4v) is 3.08. The number of nitrogens with zero attached hydrogens (tertiary/aromatic N) is 3. The first kappa shape index (κ1) is 17.3. The molecule has 0 saturated heterocycles. The SMILES string of the molecule is CC(C)(C)c1ccc([C@H]2C[C@@H](C(F)(F)F)n3ncc(C#N)c3N2)cc1. The maximum Gasteiger partial charge on any atom is 0.410 e. The van der Waals surface area contributed by atoms with Crippen molar-refractivity contribution in [2.75, 3.05) is 5.32 Å². The summed E-state index contributed by atoms with van der Waals surface area (Å²) in [6.45, 7) is 6.24. The molecule has 0 saturated carbocycles. The summed E-state index contributed by atoms with van der Waals surface area (Å²) in [7, 11) is 0. The Kier molecular flexibility index (Phi) is 4.02. The Hall–Kier alpha value is -2.49. The van der Waals surface area contributed by atoms with Crippen LogP contribution in [0.5, 0.6) is 0 Å². The number of fused-ring (bicyclic) bond motifs is 1. The van der Waals surface area contributed by atoms with Gasteiger partial charge in [0, 0.05) is 6.42 Å². The van der Waals surface area contributed by atoms with Crippen molar-refractivity contribution in [2.24, 2.45) is 0 Å². The van der Waals surface area contributed by atoms with Crippen LogP contribution in [-0.4, -0.2) is 16.0 Å². The summed E-state index contributed by atoms with van der Waals surface area (Å²) in [5.41, 5.74) is 1.96. The van der Waals surface area contributed by atoms with Crippen molar-refractivity contribution in [3.63, 3.8) is 0 Å². The van der Waals surface area contributed by atoms with Gasteiger partial charge in [0.1, 0.15) is 17.5 Å². The van der Waals surface area contributed by atoms with Gasteiger partial charge in [0.05, 0.1) is 12.2 Å². The number of rotatable bonds is 1. The predicted octanol–water partition coefficient (Wildman–Crippen LogP) is 4.71. The van der Waals surface area contributed by atoms with E-state index < -0.39 is 18.3 Å².